The van der Waals surface area contributed by atoms with Gasteiger partial charge in [0.25, 0.3) is 0 Å². The number of benzene rings is 1. The molecule has 0 heterocycles. The Morgan fingerprint density at radius 2 is 1.91 bits per heavy atom. The molecule has 0 spiro atoms. The summed E-state index contributed by atoms with van der Waals surface area (Å²) >= 11 is 0. The van der Waals surface area contributed by atoms with Gasteiger partial charge in [-0.1, -0.05) is 34.9 Å². The van der Waals surface area contributed by atoms with E-state index in [1.54, 1.807) is 12.5 Å². The van der Waals surface area contributed by atoms with E-state index in [0.717, 1.165) is 5.56 Å². The van der Waals surface area contributed by atoms with Crippen LogP contribution in [0.2, 0.25) is 0 Å². The van der Waals surface area contributed by atoms with Crippen LogP contribution in [0.4, 0.5) is 0 Å². The summed E-state index contributed by atoms with van der Waals surface area (Å²) in [7, 11) is -1.15. The number of hydrogen-bond donors (Lipinski definition) is 0. The van der Waals surface area contributed by atoms with Crippen LogP contribution in [-0.4, -0.2) is 6.66 Å². The molecule has 1 nitrogen and oxygen atoms in total. The summed E-state index contributed by atoms with van der Waals surface area (Å²) in [5, 5.41) is 0. The van der Waals surface area contributed by atoms with Crippen molar-refractivity contribution in [3.63, 3.8) is 0 Å². The smallest absolute Gasteiger partial charge is 0.0691 e. The molecule has 0 aliphatic rings. The molecule has 0 bridgehead atoms. The van der Waals surface area contributed by atoms with Crippen LogP contribution < -0.4 is 0 Å². The van der Waals surface area contributed by atoms with Gasteiger partial charge in [-0.2, -0.15) is 0 Å². The van der Waals surface area contributed by atoms with E-state index < -0.39 is 7.80 Å². The molecule has 0 aliphatic carbocycles. The average molecular weight is 165 g/mol. The van der Waals surface area contributed by atoms with Crippen molar-refractivity contribution in [2.75, 3.05) is 6.66 Å². The Morgan fingerprint density at radius 3 is 2.45 bits per heavy atom. The summed E-state index contributed by atoms with van der Waals surface area (Å²) in [5.74, 6) is 1.71. The predicted molar refractivity (Wildman–Crippen MR) is 49.0 cm³/mol. The van der Waals surface area contributed by atoms with Crippen LogP contribution in [0.3, 0.4) is 0 Å². The van der Waals surface area contributed by atoms with Crippen molar-refractivity contribution in [1.82, 2.24) is 0 Å². The molecule has 0 fully saturated rings. The molecule has 0 saturated heterocycles. The Hall–Kier alpha value is -0.940. The fraction of sp³-hybridized carbons (Fsp3) is 0.111. The van der Waals surface area contributed by atoms with Crippen molar-refractivity contribution in [1.29, 1.82) is 0 Å². The summed E-state index contributed by atoms with van der Waals surface area (Å²) in [5.41, 5.74) is 1.10. The van der Waals surface area contributed by atoms with E-state index >= 15 is 0 Å². The SMILES string of the molecule is C[P+](=O)C=Cc1ccccc1. The van der Waals surface area contributed by atoms with Crippen molar-refractivity contribution in [3.8, 4) is 0 Å². The van der Waals surface area contributed by atoms with Gasteiger partial charge in [-0.25, -0.2) is 0 Å². The van der Waals surface area contributed by atoms with Crippen LogP contribution in [-0.2, 0) is 4.57 Å². The molecule has 1 aromatic rings. The lowest BCUT2D eigenvalue weighted by Crippen LogP contribution is -1.65. The van der Waals surface area contributed by atoms with Gasteiger partial charge in [-0.3, -0.25) is 0 Å². The second-order valence-electron chi connectivity index (χ2n) is 2.27. The monoisotopic (exact) mass is 165 g/mol. The van der Waals surface area contributed by atoms with Gasteiger partial charge in [0.05, 0.1) is 0 Å². The van der Waals surface area contributed by atoms with Crippen LogP contribution in [0.5, 0.6) is 0 Å². The highest BCUT2D eigenvalue weighted by molar-refractivity contribution is 7.47. The predicted octanol–water partition coefficient (Wildman–Crippen LogP) is 3.11. The normalized spacial score (nSPS) is 11.9. The van der Waals surface area contributed by atoms with Crippen molar-refractivity contribution < 1.29 is 4.57 Å². The topological polar surface area (TPSA) is 17.1 Å². The molecule has 2 heteroatoms. The van der Waals surface area contributed by atoms with E-state index in [2.05, 4.69) is 0 Å². The van der Waals surface area contributed by atoms with Gasteiger partial charge >= 0.3 is 7.80 Å². The molecule has 0 amide bonds. The highest BCUT2D eigenvalue weighted by Crippen LogP contribution is 2.17. The first-order valence-electron chi connectivity index (χ1n) is 3.42. The van der Waals surface area contributed by atoms with Gasteiger partial charge in [0.15, 0.2) is 5.82 Å². The summed E-state index contributed by atoms with van der Waals surface area (Å²) < 4.78 is 10.7. The van der Waals surface area contributed by atoms with Crippen LogP contribution in [0.1, 0.15) is 5.56 Å². The van der Waals surface area contributed by atoms with Crippen molar-refractivity contribution in [2.24, 2.45) is 0 Å². The van der Waals surface area contributed by atoms with E-state index in [1.165, 1.54) is 0 Å². The van der Waals surface area contributed by atoms with Crippen molar-refractivity contribution >= 4 is 13.9 Å². The van der Waals surface area contributed by atoms with Crippen LogP contribution in [0, 0.1) is 0 Å². The molecule has 0 N–H and O–H groups in total. The number of rotatable bonds is 2. The van der Waals surface area contributed by atoms with Gasteiger partial charge in [0.2, 0.25) is 0 Å². The molecule has 0 radical (unpaired) electrons. The second-order valence-corrected chi connectivity index (χ2v) is 3.66. The highest BCUT2D eigenvalue weighted by Gasteiger charge is 1.95. The molecular formula is C9H10OP+. The Morgan fingerprint density at radius 1 is 1.27 bits per heavy atom. The molecule has 1 unspecified atom stereocenters. The zero-order chi connectivity index (χ0) is 8.10. The lowest BCUT2D eigenvalue weighted by Gasteiger charge is -1.85. The standard InChI is InChI=1S/C9H10OP/c1-11(10)8-7-9-5-3-2-4-6-9/h2-8H,1H3/q+1. The Kier molecular flexibility index (Phi) is 3.00. The summed E-state index contributed by atoms with van der Waals surface area (Å²) in [4.78, 5) is 0. The molecular weight excluding hydrogens is 155 g/mol. The summed E-state index contributed by atoms with van der Waals surface area (Å²) in [6, 6.07) is 9.85. The van der Waals surface area contributed by atoms with Crippen molar-refractivity contribution in [3.05, 3.63) is 41.7 Å². The Balaban J connectivity index is 2.72. The van der Waals surface area contributed by atoms with Gasteiger partial charge < -0.3 is 0 Å². The molecule has 0 aromatic heterocycles. The van der Waals surface area contributed by atoms with E-state index in [4.69, 9.17) is 0 Å². The van der Waals surface area contributed by atoms with Crippen LogP contribution >= 0.6 is 7.80 Å². The zero-order valence-corrected chi connectivity index (χ0v) is 7.29. The molecule has 1 aromatic carbocycles. The molecule has 1 rings (SSSR count). The first-order chi connectivity index (χ1) is 5.29. The molecule has 0 saturated carbocycles. The van der Waals surface area contributed by atoms with E-state index in [9.17, 15) is 4.57 Å². The number of hydrogen-bond acceptors (Lipinski definition) is 1. The largest absolute Gasteiger partial charge is 0.366 e. The lowest BCUT2D eigenvalue weighted by atomic mass is 10.2. The Labute approximate surface area is 67.5 Å². The summed E-state index contributed by atoms with van der Waals surface area (Å²) in [6.07, 6.45) is 1.87. The van der Waals surface area contributed by atoms with Gasteiger partial charge in [-0.15, -0.1) is 0 Å². The maximum Gasteiger partial charge on any atom is 0.366 e. The first kappa shape index (κ1) is 8.16. The fourth-order valence-corrected chi connectivity index (χ4v) is 1.14. The fourth-order valence-electron chi connectivity index (χ4n) is 0.755. The summed E-state index contributed by atoms with van der Waals surface area (Å²) in [6.45, 7) is 1.69. The third-order valence-electron chi connectivity index (χ3n) is 1.28. The van der Waals surface area contributed by atoms with E-state index in [0.29, 0.717) is 0 Å². The van der Waals surface area contributed by atoms with Crippen molar-refractivity contribution in [2.45, 2.75) is 0 Å². The van der Waals surface area contributed by atoms with Gasteiger partial charge in [0.1, 0.15) is 6.66 Å². The maximum atomic E-state index is 10.7. The quantitative estimate of drug-likeness (QED) is 0.615. The zero-order valence-electron chi connectivity index (χ0n) is 6.40. The van der Waals surface area contributed by atoms with Gasteiger partial charge in [0, 0.05) is 0 Å². The third-order valence-corrected chi connectivity index (χ3v) is 1.85. The molecule has 11 heavy (non-hydrogen) atoms. The van der Waals surface area contributed by atoms with Crippen LogP contribution in [0.15, 0.2) is 36.1 Å². The minimum atomic E-state index is -1.15. The second kappa shape index (κ2) is 4.05. The van der Waals surface area contributed by atoms with Gasteiger partial charge in [-0.05, 0) is 11.6 Å². The maximum absolute atomic E-state index is 10.7. The van der Waals surface area contributed by atoms with E-state index in [1.807, 2.05) is 36.4 Å². The highest BCUT2D eigenvalue weighted by atomic mass is 31.1. The minimum absolute atomic E-state index is 1.10. The molecule has 0 aliphatic heterocycles. The molecule has 1 atom stereocenters. The average Bonchev–Trinajstić information content (AvgIpc) is 2.03. The van der Waals surface area contributed by atoms with E-state index in [-0.39, 0.29) is 0 Å². The lowest BCUT2D eigenvalue weighted by molar-refractivity contribution is 0.596. The first-order valence-corrected chi connectivity index (χ1v) is 5.20. The Bertz CT molecular complexity index is 264. The van der Waals surface area contributed by atoms with Crippen LogP contribution in [0.25, 0.3) is 6.08 Å². The molecule has 56 valence electrons. The third kappa shape index (κ3) is 3.10. The minimum Gasteiger partial charge on any atom is -0.0691 e.